The minimum absolute atomic E-state index is 0.0454. The van der Waals surface area contributed by atoms with Gasteiger partial charge in [-0.15, -0.1) is 0 Å². The Labute approximate surface area is 161 Å². The molecular formula is C20H20O8. The monoisotopic (exact) mass is 388 g/mol. The van der Waals surface area contributed by atoms with E-state index in [1.807, 2.05) is 0 Å². The third-order valence-electron chi connectivity index (χ3n) is 3.54. The highest BCUT2D eigenvalue weighted by Crippen LogP contribution is 2.34. The maximum atomic E-state index is 12.6. The second-order valence-electron chi connectivity index (χ2n) is 5.55. The fourth-order valence-corrected chi connectivity index (χ4v) is 2.30. The summed E-state index contributed by atoms with van der Waals surface area (Å²) in [5.74, 6) is -1.63. The number of carbonyl (C=O) groups excluding carboxylic acids is 1. The molecule has 0 amide bonds. The Bertz CT molecular complexity index is 873. The molecule has 0 aliphatic carbocycles. The van der Waals surface area contributed by atoms with E-state index >= 15 is 0 Å². The van der Waals surface area contributed by atoms with Crippen LogP contribution in [-0.4, -0.2) is 49.8 Å². The van der Waals surface area contributed by atoms with Gasteiger partial charge in [-0.25, -0.2) is 4.79 Å². The van der Waals surface area contributed by atoms with Crippen LogP contribution >= 0.6 is 0 Å². The van der Waals surface area contributed by atoms with Gasteiger partial charge in [-0.2, -0.15) is 0 Å². The van der Waals surface area contributed by atoms with Gasteiger partial charge in [0.1, 0.15) is 22.8 Å². The quantitative estimate of drug-likeness (QED) is 0.363. The minimum atomic E-state index is -1.07. The lowest BCUT2D eigenvalue weighted by atomic mass is 10.1. The fraction of sp³-hybridized carbons (Fsp3) is 0.200. The third-order valence-corrected chi connectivity index (χ3v) is 3.54. The molecule has 8 nitrogen and oxygen atoms in total. The van der Waals surface area contributed by atoms with Crippen LogP contribution in [-0.2, 0) is 9.47 Å². The first-order valence-corrected chi connectivity index (χ1v) is 8.12. The molecule has 0 saturated carbocycles. The highest BCUT2D eigenvalue weighted by molar-refractivity contribution is 6.10. The first kappa shape index (κ1) is 20.9. The van der Waals surface area contributed by atoms with Crippen LogP contribution < -0.4 is 9.47 Å². The van der Waals surface area contributed by atoms with Gasteiger partial charge in [0.15, 0.2) is 19.4 Å². The van der Waals surface area contributed by atoms with E-state index in [2.05, 4.69) is 0 Å². The topological polar surface area (TPSA) is 112 Å². The molecule has 0 aliphatic heterocycles. The van der Waals surface area contributed by atoms with E-state index < -0.39 is 11.8 Å². The van der Waals surface area contributed by atoms with Gasteiger partial charge in [0, 0.05) is 26.4 Å². The average Bonchev–Trinajstić information content (AvgIpc) is 2.68. The predicted molar refractivity (Wildman–Crippen MR) is 99.9 cm³/mol. The van der Waals surface area contributed by atoms with Crippen LogP contribution in [0.1, 0.15) is 26.3 Å². The summed E-state index contributed by atoms with van der Waals surface area (Å²) in [6.07, 6.45) is 2.66. The van der Waals surface area contributed by atoms with Crippen LogP contribution in [0.5, 0.6) is 17.2 Å². The van der Waals surface area contributed by atoms with Gasteiger partial charge < -0.3 is 29.2 Å². The number of allylic oxidation sites excluding steroid dienone is 1. The Morgan fingerprint density at radius 2 is 1.75 bits per heavy atom. The van der Waals surface area contributed by atoms with Crippen molar-refractivity contribution < 1.29 is 38.7 Å². The van der Waals surface area contributed by atoms with E-state index in [9.17, 15) is 14.7 Å². The van der Waals surface area contributed by atoms with E-state index in [1.54, 1.807) is 12.1 Å². The zero-order valence-electron chi connectivity index (χ0n) is 15.4. The molecule has 0 saturated heterocycles. The molecule has 28 heavy (non-hydrogen) atoms. The number of ether oxygens (including phenoxy) is 4. The fourth-order valence-electron chi connectivity index (χ4n) is 2.30. The molecule has 2 aromatic carbocycles. The van der Waals surface area contributed by atoms with Crippen molar-refractivity contribution in [3.63, 3.8) is 0 Å². The van der Waals surface area contributed by atoms with E-state index in [0.29, 0.717) is 5.56 Å². The van der Waals surface area contributed by atoms with Crippen LogP contribution in [0.2, 0.25) is 0 Å². The van der Waals surface area contributed by atoms with Crippen molar-refractivity contribution in [2.75, 3.05) is 27.8 Å². The lowest BCUT2D eigenvalue weighted by Crippen LogP contribution is -2.07. The number of hydrogen-bond donors (Lipinski definition) is 2. The van der Waals surface area contributed by atoms with Gasteiger partial charge in [0.05, 0.1) is 5.56 Å². The first-order chi connectivity index (χ1) is 13.5. The largest absolute Gasteiger partial charge is 0.507 e. The normalized spacial score (nSPS) is 10.8. The van der Waals surface area contributed by atoms with Gasteiger partial charge in [-0.3, -0.25) is 4.79 Å². The molecule has 0 fully saturated rings. The molecule has 2 N–H and O–H groups in total. The lowest BCUT2D eigenvalue weighted by Gasteiger charge is -2.13. The number of methoxy groups -OCH3 is 2. The van der Waals surface area contributed by atoms with E-state index in [-0.39, 0.29) is 42.0 Å². The maximum Gasteiger partial charge on any atom is 0.335 e. The summed E-state index contributed by atoms with van der Waals surface area (Å²) < 4.78 is 20.3. The van der Waals surface area contributed by atoms with E-state index in [4.69, 9.17) is 24.1 Å². The van der Waals surface area contributed by atoms with E-state index in [0.717, 1.165) is 0 Å². The standard InChI is InChI=1S/C20H20O8/c1-25-11-27-15-9-17(22)19(18(10-15)28-12-26-2)16(21)7-6-13-4-3-5-14(8-13)20(23)24/h3-10,22H,11-12H2,1-2H3,(H,23,24). The van der Waals surface area contributed by atoms with E-state index in [1.165, 1.54) is 50.6 Å². The van der Waals surface area contributed by atoms with Crippen molar-refractivity contribution in [1.29, 1.82) is 0 Å². The first-order valence-electron chi connectivity index (χ1n) is 8.12. The molecule has 2 rings (SSSR count). The number of carboxylic acid groups (broad SMARTS) is 1. The molecule has 0 radical (unpaired) electrons. The van der Waals surface area contributed by atoms with Crippen molar-refractivity contribution >= 4 is 17.8 Å². The minimum Gasteiger partial charge on any atom is -0.507 e. The summed E-state index contributed by atoms with van der Waals surface area (Å²) in [5.41, 5.74) is 0.542. The summed E-state index contributed by atoms with van der Waals surface area (Å²) in [4.78, 5) is 23.7. The summed E-state index contributed by atoms with van der Waals surface area (Å²) in [7, 11) is 2.87. The summed E-state index contributed by atoms with van der Waals surface area (Å²) in [6.45, 7) is -0.186. The molecule has 148 valence electrons. The zero-order chi connectivity index (χ0) is 20.5. The molecule has 0 heterocycles. The van der Waals surface area contributed by atoms with Gasteiger partial charge in [0.25, 0.3) is 0 Å². The number of phenolic OH excluding ortho intramolecular Hbond substituents is 1. The molecule has 0 aromatic heterocycles. The van der Waals surface area contributed by atoms with Crippen molar-refractivity contribution in [2.24, 2.45) is 0 Å². The number of rotatable bonds is 10. The Balaban J connectivity index is 2.32. The number of phenols is 1. The van der Waals surface area contributed by atoms with Crippen LogP contribution in [0.15, 0.2) is 42.5 Å². The Morgan fingerprint density at radius 1 is 1.04 bits per heavy atom. The molecule has 0 aliphatic rings. The number of carboxylic acids is 1. The van der Waals surface area contributed by atoms with Crippen LogP contribution in [0.3, 0.4) is 0 Å². The highest BCUT2D eigenvalue weighted by atomic mass is 16.7. The maximum absolute atomic E-state index is 12.6. The second-order valence-corrected chi connectivity index (χ2v) is 5.55. The SMILES string of the molecule is COCOc1cc(O)c(C(=O)C=Cc2cccc(C(=O)O)c2)c(OCOC)c1. The Hall–Kier alpha value is -3.36. The predicted octanol–water partition coefficient (Wildman–Crippen LogP) is 2.95. The number of carbonyl (C=O) groups is 2. The molecule has 0 spiro atoms. The number of aromatic hydroxyl groups is 1. The summed E-state index contributed by atoms with van der Waals surface area (Å²) >= 11 is 0. The average molecular weight is 388 g/mol. The van der Waals surface area contributed by atoms with Crippen molar-refractivity contribution in [2.45, 2.75) is 0 Å². The highest BCUT2D eigenvalue weighted by Gasteiger charge is 2.18. The number of aromatic carboxylic acids is 1. The molecule has 0 atom stereocenters. The number of ketones is 1. The zero-order valence-corrected chi connectivity index (χ0v) is 15.4. The Kier molecular flexibility index (Phi) is 7.55. The molecule has 0 unspecified atom stereocenters. The molecule has 0 bridgehead atoms. The summed E-state index contributed by atoms with van der Waals surface area (Å²) in [5, 5.41) is 19.3. The molecule has 2 aromatic rings. The van der Waals surface area contributed by atoms with Crippen molar-refractivity contribution in [3.8, 4) is 17.2 Å². The van der Waals surface area contributed by atoms with Gasteiger partial charge >= 0.3 is 5.97 Å². The second kappa shape index (κ2) is 10.1. The summed E-state index contributed by atoms with van der Waals surface area (Å²) in [6, 6.07) is 8.80. The smallest absolute Gasteiger partial charge is 0.335 e. The van der Waals surface area contributed by atoms with Gasteiger partial charge in [-0.1, -0.05) is 18.2 Å². The van der Waals surface area contributed by atoms with Crippen LogP contribution in [0.25, 0.3) is 6.08 Å². The van der Waals surface area contributed by atoms with Crippen molar-refractivity contribution in [3.05, 3.63) is 59.2 Å². The Morgan fingerprint density at radius 3 is 2.43 bits per heavy atom. The van der Waals surface area contributed by atoms with Gasteiger partial charge in [-0.05, 0) is 23.8 Å². The van der Waals surface area contributed by atoms with Crippen molar-refractivity contribution in [1.82, 2.24) is 0 Å². The number of hydrogen-bond acceptors (Lipinski definition) is 7. The van der Waals surface area contributed by atoms with Gasteiger partial charge in [0.2, 0.25) is 0 Å². The molecule has 8 heteroatoms. The van der Waals surface area contributed by atoms with Crippen LogP contribution in [0.4, 0.5) is 0 Å². The lowest BCUT2D eigenvalue weighted by molar-refractivity contribution is 0.0453. The molecular weight excluding hydrogens is 368 g/mol. The third kappa shape index (κ3) is 5.57. The number of benzene rings is 2. The van der Waals surface area contributed by atoms with Crippen LogP contribution in [0, 0.1) is 0 Å².